The van der Waals surface area contributed by atoms with E-state index >= 15 is 0 Å². The Labute approximate surface area is 117 Å². The molecule has 104 valence electrons. The van der Waals surface area contributed by atoms with Crippen LogP contribution in [0.5, 0.6) is 0 Å². The largest absolute Gasteiger partial charge is 0.347 e. The van der Waals surface area contributed by atoms with Crippen LogP contribution in [0, 0.1) is 0 Å². The Hall–Kier alpha value is -2.08. The number of aromatic nitrogens is 3. The van der Waals surface area contributed by atoms with Crippen LogP contribution in [0.2, 0.25) is 0 Å². The van der Waals surface area contributed by atoms with E-state index in [-0.39, 0.29) is 0 Å². The zero-order chi connectivity index (χ0) is 14.3. The predicted octanol–water partition coefficient (Wildman–Crippen LogP) is 2.33. The van der Waals surface area contributed by atoms with Crippen molar-refractivity contribution in [2.24, 2.45) is 0 Å². The fourth-order valence-electron chi connectivity index (χ4n) is 2.43. The van der Waals surface area contributed by atoms with Crippen molar-refractivity contribution < 1.29 is 8.42 Å². The Morgan fingerprint density at radius 1 is 1.25 bits per heavy atom. The monoisotopic (exact) mass is 289 g/mol. The van der Waals surface area contributed by atoms with E-state index in [1.165, 1.54) is 22.6 Å². The van der Waals surface area contributed by atoms with Gasteiger partial charge in [0.25, 0.3) is 0 Å². The Kier molecular flexibility index (Phi) is 2.90. The molecular formula is C14H15N3O2S. The minimum atomic E-state index is -3.36. The van der Waals surface area contributed by atoms with Gasteiger partial charge in [0.2, 0.25) is 10.0 Å². The molecular weight excluding hydrogens is 274 g/mol. The van der Waals surface area contributed by atoms with E-state index in [9.17, 15) is 8.42 Å². The Morgan fingerprint density at radius 2 is 2.00 bits per heavy atom. The van der Waals surface area contributed by atoms with Crippen molar-refractivity contribution in [3.8, 4) is 11.4 Å². The third-order valence-electron chi connectivity index (χ3n) is 3.34. The van der Waals surface area contributed by atoms with Gasteiger partial charge in [0.05, 0.1) is 6.26 Å². The molecule has 2 aromatic heterocycles. The van der Waals surface area contributed by atoms with Gasteiger partial charge in [0.15, 0.2) is 5.82 Å². The number of imidazole rings is 1. The standard InChI is InChI=1S/C14H15N3O2S/c1-3-16-10-12(11-6-4-5-7-13(11)16)14-15-8-9-17(14)20(2,18)19/h4-10H,3H2,1-2H3. The van der Waals surface area contributed by atoms with Crippen LogP contribution in [-0.2, 0) is 16.6 Å². The van der Waals surface area contributed by atoms with Crippen molar-refractivity contribution in [1.82, 2.24) is 13.5 Å². The summed E-state index contributed by atoms with van der Waals surface area (Å²) in [4.78, 5) is 4.22. The number of rotatable bonds is 3. The van der Waals surface area contributed by atoms with Crippen molar-refractivity contribution in [2.75, 3.05) is 6.26 Å². The molecule has 0 radical (unpaired) electrons. The van der Waals surface area contributed by atoms with E-state index in [1.54, 1.807) is 0 Å². The molecule has 0 aliphatic rings. The molecule has 0 spiro atoms. The highest BCUT2D eigenvalue weighted by Gasteiger charge is 2.17. The highest BCUT2D eigenvalue weighted by molar-refractivity contribution is 7.89. The molecule has 3 aromatic rings. The van der Waals surface area contributed by atoms with Crippen molar-refractivity contribution in [2.45, 2.75) is 13.5 Å². The van der Waals surface area contributed by atoms with Gasteiger partial charge in [0.1, 0.15) is 0 Å². The summed E-state index contributed by atoms with van der Waals surface area (Å²) in [6.45, 7) is 2.87. The van der Waals surface area contributed by atoms with Crippen molar-refractivity contribution in [3.63, 3.8) is 0 Å². The van der Waals surface area contributed by atoms with Crippen LogP contribution in [0.1, 0.15) is 6.92 Å². The molecule has 2 heterocycles. The van der Waals surface area contributed by atoms with Gasteiger partial charge in [-0.25, -0.2) is 17.4 Å². The minimum absolute atomic E-state index is 0.455. The molecule has 3 rings (SSSR count). The number of fused-ring (bicyclic) bond motifs is 1. The minimum Gasteiger partial charge on any atom is -0.347 e. The average molecular weight is 289 g/mol. The van der Waals surface area contributed by atoms with Crippen LogP contribution in [-0.4, -0.2) is 28.2 Å². The molecule has 20 heavy (non-hydrogen) atoms. The van der Waals surface area contributed by atoms with E-state index in [1.807, 2.05) is 30.5 Å². The first-order valence-electron chi connectivity index (χ1n) is 6.34. The molecule has 0 amide bonds. The number of benzene rings is 1. The summed E-state index contributed by atoms with van der Waals surface area (Å²) >= 11 is 0. The van der Waals surface area contributed by atoms with Crippen LogP contribution < -0.4 is 0 Å². The summed E-state index contributed by atoms with van der Waals surface area (Å²) < 4.78 is 26.9. The van der Waals surface area contributed by atoms with E-state index < -0.39 is 10.0 Å². The first kappa shape index (κ1) is 12.9. The lowest BCUT2D eigenvalue weighted by Crippen LogP contribution is -2.10. The van der Waals surface area contributed by atoms with Gasteiger partial charge in [-0.2, -0.15) is 0 Å². The van der Waals surface area contributed by atoms with Gasteiger partial charge >= 0.3 is 0 Å². The summed E-state index contributed by atoms with van der Waals surface area (Å²) in [7, 11) is -3.36. The van der Waals surface area contributed by atoms with E-state index in [0.29, 0.717) is 5.82 Å². The second-order valence-corrected chi connectivity index (χ2v) is 6.52. The average Bonchev–Trinajstić information content (AvgIpc) is 3.02. The molecule has 0 aliphatic heterocycles. The molecule has 0 fully saturated rings. The lowest BCUT2D eigenvalue weighted by Gasteiger charge is -2.03. The van der Waals surface area contributed by atoms with Gasteiger partial charge in [-0.05, 0) is 13.0 Å². The maximum absolute atomic E-state index is 11.8. The molecule has 0 N–H and O–H groups in total. The Bertz CT molecular complexity index is 875. The molecule has 0 bridgehead atoms. The number of hydrogen-bond donors (Lipinski definition) is 0. The zero-order valence-electron chi connectivity index (χ0n) is 11.3. The highest BCUT2D eigenvalue weighted by atomic mass is 32.2. The molecule has 0 saturated carbocycles. The van der Waals surface area contributed by atoms with Crippen LogP contribution >= 0.6 is 0 Å². The predicted molar refractivity (Wildman–Crippen MR) is 79.1 cm³/mol. The molecule has 0 aliphatic carbocycles. The van der Waals surface area contributed by atoms with Gasteiger partial charge in [0, 0.05) is 41.6 Å². The third kappa shape index (κ3) is 1.92. The molecule has 1 aromatic carbocycles. The first-order chi connectivity index (χ1) is 9.52. The van der Waals surface area contributed by atoms with E-state index in [2.05, 4.69) is 16.5 Å². The molecule has 6 heteroatoms. The SMILES string of the molecule is CCn1cc(-c2nccn2S(C)(=O)=O)c2ccccc21. The second kappa shape index (κ2) is 4.49. The van der Waals surface area contributed by atoms with E-state index in [4.69, 9.17) is 0 Å². The molecule has 0 atom stereocenters. The number of nitrogens with zero attached hydrogens (tertiary/aromatic N) is 3. The first-order valence-corrected chi connectivity index (χ1v) is 8.19. The molecule has 0 saturated heterocycles. The smallest absolute Gasteiger partial charge is 0.237 e. The number of aryl methyl sites for hydroxylation is 1. The quantitative estimate of drug-likeness (QED) is 0.743. The van der Waals surface area contributed by atoms with Gasteiger partial charge in [-0.15, -0.1) is 0 Å². The van der Waals surface area contributed by atoms with Crippen molar-refractivity contribution >= 4 is 20.9 Å². The summed E-state index contributed by atoms with van der Waals surface area (Å²) in [5.74, 6) is 0.455. The van der Waals surface area contributed by atoms with Crippen LogP contribution in [0.25, 0.3) is 22.3 Å². The summed E-state index contributed by atoms with van der Waals surface area (Å²) in [5.41, 5.74) is 1.91. The van der Waals surface area contributed by atoms with Crippen LogP contribution in [0.3, 0.4) is 0 Å². The maximum atomic E-state index is 11.8. The van der Waals surface area contributed by atoms with Gasteiger partial charge in [-0.3, -0.25) is 0 Å². The second-order valence-electron chi connectivity index (χ2n) is 4.66. The Morgan fingerprint density at radius 3 is 2.70 bits per heavy atom. The fourth-order valence-corrected chi connectivity index (χ4v) is 3.17. The lowest BCUT2D eigenvalue weighted by molar-refractivity contribution is 0.594. The normalized spacial score (nSPS) is 12.1. The van der Waals surface area contributed by atoms with Crippen molar-refractivity contribution in [3.05, 3.63) is 42.9 Å². The summed E-state index contributed by atoms with van der Waals surface area (Å²) in [5, 5.41) is 1.01. The van der Waals surface area contributed by atoms with Crippen LogP contribution in [0.4, 0.5) is 0 Å². The van der Waals surface area contributed by atoms with E-state index in [0.717, 1.165) is 23.0 Å². The number of para-hydroxylation sites is 1. The molecule has 0 unspecified atom stereocenters. The Balaban J connectivity index is 2.34. The zero-order valence-corrected chi connectivity index (χ0v) is 12.1. The van der Waals surface area contributed by atoms with Gasteiger partial charge < -0.3 is 4.57 Å². The van der Waals surface area contributed by atoms with Crippen LogP contribution in [0.15, 0.2) is 42.9 Å². The topological polar surface area (TPSA) is 56.9 Å². The fraction of sp³-hybridized carbons (Fsp3) is 0.214. The summed E-state index contributed by atoms with van der Waals surface area (Å²) in [6.07, 6.45) is 6.11. The van der Waals surface area contributed by atoms with Gasteiger partial charge in [-0.1, -0.05) is 18.2 Å². The maximum Gasteiger partial charge on any atom is 0.237 e. The third-order valence-corrected chi connectivity index (χ3v) is 4.34. The highest BCUT2D eigenvalue weighted by Crippen LogP contribution is 2.30. The molecule has 5 nitrogen and oxygen atoms in total. The lowest BCUT2D eigenvalue weighted by atomic mass is 10.2. The summed E-state index contributed by atoms with van der Waals surface area (Å²) in [6, 6.07) is 7.93. The number of hydrogen-bond acceptors (Lipinski definition) is 3. The van der Waals surface area contributed by atoms with Crippen molar-refractivity contribution in [1.29, 1.82) is 0 Å².